The molecule has 0 heterocycles. The SMILES string of the molecule is CC(C)COc1ccc(C(C)(C)CNC(=O)CN)cc1. The van der Waals surface area contributed by atoms with Crippen LogP contribution in [-0.2, 0) is 10.2 Å². The summed E-state index contributed by atoms with van der Waals surface area (Å²) in [6.45, 7) is 9.74. The summed E-state index contributed by atoms with van der Waals surface area (Å²) in [5, 5.41) is 2.83. The van der Waals surface area contributed by atoms with E-state index in [0.717, 1.165) is 17.9 Å². The summed E-state index contributed by atoms with van der Waals surface area (Å²) in [5.41, 5.74) is 6.31. The summed E-state index contributed by atoms with van der Waals surface area (Å²) in [6, 6.07) is 8.04. The average Bonchev–Trinajstić information content (AvgIpc) is 2.43. The van der Waals surface area contributed by atoms with Gasteiger partial charge in [0, 0.05) is 12.0 Å². The fraction of sp³-hybridized carbons (Fsp3) is 0.562. The van der Waals surface area contributed by atoms with Crippen LogP contribution in [0.1, 0.15) is 33.3 Å². The first-order valence-corrected chi connectivity index (χ1v) is 7.05. The molecule has 1 rings (SSSR count). The van der Waals surface area contributed by atoms with Gasteiger partial charge in [0.25, 0.3) is 0 Å². The van der Waals surface area contributed by atoms with E-state index in [1.165, 1.54) is 0 Å². The van der Waals surface area contributed by atoms with Crippen molar-refractivity contribution in [3.05, 3.63) is 29.8 Å². The van der Waals surface area contributed by atoms with Crippen molar-refractivity contribution in [2.45, 2.75) is 33.1 Å². The largest absolute Gasteiger partial charge is 0.493 e. The first-order valence-electron chi connectivity index (χ1n) is 7.05. The second kappa shape index (κ2) is 7.29. The number of nitrogens with one attached hydrogen (secondary N) is 1. The summed E-state index contributed by atoms with van der Waals surface area (Å²) < 4.78 is 5.66. The molecule has 0 aliphatic heterocycles. The van der Waals surface area contributed by atoms with E-state index in [2.05, 4.69) is 33.0 Å². The van der Waals surface area contributed by atoms with E-state index in [-0.39, 0.29) is 17.9 Å². The number of hydrogen-bond acceptors (Lipinski definition) is 3. The van der Waals surface area contributed by atoms with Gasteiger partial charge in [0.15, 0.2) is 0 Å². The molecule has 1 aromatic carbocycles. The number of benzene rings is 1. The smallest absolute Gasteiger partial charge is 0.233 e. The standard InChI is InChI=1S/C16H26N2O2/c1-12(2)10-20-14-7-5-13(6-8-14)16(3,4)11-18-15(19)9-17/h5-8,12H,9-11,17H2,1-4H3,(H,18,19). The molecule has 4 nitrogen and oxygen atoms in total. The number of carbonyl (C=O) groups is 1. The van der Waals surface area contributed by atoms with Gasteiger partial charge in [0.05, 0.1) is 13.2 Å². The molecule has 4 heteroatoms. The lowest BCUT2D eigenvalue weighted by atomic mass is 9.84. The van der Waals surface area contributed by atoms with E-state index in [4.69, 9.17) is 10.5 Å². The van der Waals surface area contributed by atoms with Crippen molar-refractivity contribution >= 4 is 5.91 Å². The lowest BCUT2D eigenvalue weighted by Crippen LogP contribution is -2.39. The monoisotopic (exact) mass is 278 g/mol. The lowest BCUT2D eigenvalue weighted by molar-refractivity contribution is -0.119. The minimum Gasteiger partial charge on any atom is -0.493 e. The predicted octanol–water partition coefficient (Wildman–Crippen LogP) is 2.07. The molecule has 0 unspecified atom stereocenters. The molecule has 1 amide bonds. The fourth-order valence-corrected chi connectivity index (χ4v) is 1.76. The number of ether oxygens (including phenoxy) is 1. The predicted molar refractivity (Wildman–Crippen MR) is 81.9 cm³/mol. The van der Waals surface area contributed by atoms with Crippen molar-refractivity contribution in [2.24, 2.45) is 11.7 Å². The van der Waals surface area contributed by atoms with Crippen molar-refractivity contribution in [1.29, 1.82) is 0 Å². The van der Waals surface area contributed by atoms with Crippen LogP contribution in [0.3, 0.4) is 0 Å². The maximum Gasteiger partial charge on any atom is 0.233 e. The highest BCUT2D eigenvalue weighted by Gasteiger charge is 2.21. The zero-order valence-electron chi connectivity index (χ0n) is 12.9. The van der Waals surface area contributed by atoms with E-state index in [1.54, 1.807) is 0 Å². The fourth-order valence-electron chi connectivity index (χ4n) is 1.76. The quantitative estimate of drug-likeness (QED) is 0.802. The van der Waals surface area contributed by atoms with E-state index in [9.17, 15) is 4.79 Å². The summed E-state index contributed by atoms with van der Waals surface area (Å²) >= 11 is 0. The first kappa shape index (κ1) is 16.5. The maximum absolute atomic E-state index is 11.2. The minimum absolute atomic E-state index is 0.0259. The number of carbonyl (C=O) groups excluding carboxylic acids is 1. The Bertz CT molecular complexity index is 425. The van der Waals surface area contributed by atoms with Gasteiger partial charge in [-0.25, -0.2) is 0 Å². The third kappa shape index (κ3) is 5.21. The zero-order chi connectivity index (χ0) is 15.2. The number of amides is 1. The average molecular weight is 278 g/mol. The Labute approximate surface area is 121 Å². The minimum atomic E-state index is -0.137. The summed E-state index contributed by atoms with van der Waals surface area (Å²) in [7, 11) is 0. The van der Waals surface area contributed by atoms with E-state index < -0.39 is 0 Å². The van der Waals surface area contributed by atoms with Crippen LogP contribution in [0.25, 0.3) is 0 Å². The molecule has 1 aromatic rings. The van der Waals surface area contributed by atoms with Crippen molar-refractivity contribution in [2.75, 3.05) is 19.7 Å². The van der Waals surface area contributed by atoms with Crippen molar-refractivity contribution in [1.82, 2.24) is 5.32 Å². The van der Waals surface area contributed by atoms with Crippen LogP contribution in [0.2, 0.25) is 0 Å². The van der Waals surface area contributed by atoms with Crippen LogP contribution >= 0.6 is 0 Å². The third-order valence-corrected chi connectivity index (χ3v) is 3.13. The Kier molecular flexibility index (Phi) is 6.02. The van der Waals surface area contributed by atoms with Gasteiger partial charge in [-0.2, -0.15) is 0 Å². The zero-order valence-corrected chi connectivity index (χ0v) is 12.9. The molecule has 0 aliphatic carbocycles. The molecule has 0 bridgehead atoms. The maximum atomic E-state index is 11.2. The summed E-state index contributed by atoms with van der Waals surface area (Å²) in [4.78, 5) is 11.2. The van der Waals surface area contributed by atoms with E-state index in [1.807, 2.05) is 24.3 Å². The Hall–Kier alpha value is -1.55. The van der Waals surface area contributed by atoms with Crippen molar-refractivity contribution in [3.8, 4) is 5.75 Å². The Balaban J connectivity index is 2.63. The molecule has 0 aromatic heterocycles. The van der Waals surface area contributed by atoms with Gasteiger partial charge >= 0.3 is 0 Å². The van der Waals surface area contributed by atoms with Gasteiger partial charge in [0.2, 0.25) is 5.91 Å². The summed E-state index contributed by atoms with van der Waals surface area (Å²) in [5.74, 6) is 1.26. The van der Waals surface area contributed by atoms with Crippen molar-refractivity contribution in [3.63, 3.8) is 0 Å². The molecular weight excluding hydrogens is 252 g/mol. The topological polar surface area (TPSA) is 64.3 Å². The molecule has 20 heavy (non-hydrogen) atoms. The van der Waals surface area contributed by atoms with Gasteiger partial charge in [-0.1, -0.05) is 39.8 Å². The van der Waals surface area contributed by atoms with Crippen LogP contribution in [0.15, 0.2) is 24.3 Å². The highest BCUT2D eigenvalue weighted by atomic mass is 16.5. The number of rotatable bonds is 7. The lowest BCUT2D eigenvalue weighted by Gasteiger charge is -2.26. The molecule has 0 aliphatic rings. The van der Waals surface area contributed by atoms with Crippen LogP contribution in [0.5, 0.6) is 5.75 Å². The number of nitrogens with two attached hydrogens (primary N) is 1. The van der Waals surface area contributed by atoms with Gasteiger partial charge < -0.3 is 15.8 Å². The summed E-state index contributed by atoms with van der Waals surface area (Å²) in [6.07, 6.45) is 0. The highest BCUT2D eigenvalue weighted by Crippen LogP contribution is 2.24. The Morgan fingerprint density at radius 1 is 1.30 bits per heavy atom. The molecule has 0 spiro atoms. The van der Waals surface area contributed by atoms with E-state index in [0.29, 0.717) is 12.5 Å². The number of hydrogen-bond donors (Lipinski definition) is 2. The second-order valence-corrected chi connectivity index (χ2v) is 6.09. The highest BCUT2D eigenvalue weighted by molar-refractivity contribution is 5.77. The molecule has 112 valence electrons. The first-order chi connectivity index (χ1) is 9.35. The molecule has 0 atom stereocenters. The second-order valence-electron chi connectivity index (χ2n) is 6.09. The van der Waals surface area contributed by atoms with Crippen LogP contribution in [0, 0.1) is 5.92 Å². The van der Waals surface area contributed by atoms with E-state index >= 15 is 0 Å². The molecular formula is C16H26N2O2. The Morgan fingerprint density at radius 2 is 1.90 bits per heavy atom. The van der Waals surface area contributed by atoms with Gasteiger partial charge in [0.1, 0.15) is 5.75 Å². The molecule has 0 saturated carbocycles. The van der Waals surface area contributed by atoms with Gasteiger partial charge in [-0.3, -0.25) is 4.79 Å². The third-order valence-electron chi connectivity index (χ3n) is 3.13. The molecule has 0 fully saturated rings. The van der Waals surface area contributed by atoms with Gasteiger partial charge in [-0.15, -0.1) is 0 Å². The molecule has 0 radical (unpaired) electrons. The van der Waals surface area contributed by atoms with Crippen LogP contribution in [0.4, 0.5) is 0 Å². The molecule has 3 N–H and O–H groups in total. The molecule has 0 saturated heterocycles. The van der Waals surface area contributed by atoms with Gasteiger partial charge in [-0.05, 0) is 23.6 Å². The van der Waals surface area contributed by atoms with Crippen LogP contribution < -0.4 is 15.8 Å². The van der Waals surface area contributed by atoms with Crippen LogP contribution in [-0.4, -0.2) is 25.6 Å². The van der Waals surface area contributed by atoms with Crippen molar-refractivity contribution < 1.29 is 9.53 Å². The Morgan fingerprint density at radius 3 is 2.40 bits per heavy atom. The normalized spacial score (nSPS) is 11.5.